The lowest BCUT2D eigenvalue weighted by Gasteiger charge is -2.11. The van der Waals surface area contributed by atoms with Gasteiger partial charge in [-0.05, 0) is 47.8 Å². The first-order chi connectivity index (χ1) is 8.43. The summed E-state index contributed by atoms with van der Waals surface area (Å²) < 4.78 is 5.19. The zero-order valence-corrected chi connectivity index (χ0v) is 11.5. The topological polar surface area (TPSA) is 43.4 Å². The largest absolute Gasteiger partial charge is 0.496 e. The zero-order chi connectivity index (χ0) is 13.7. The van der Waals surface area contributed by atoms with Crippen LogP contribution in [0, 0.1) is 6.92 Å². The third-order valence-corrected chi connectivity index (χ3v) is 2.56. The van der Waals surface area contributed by atoms with Crippen LogP contribution in [0.15, 0.2) is 24.3 Å². The number of methoxy groups -OCH3 is 1. The molecule has 0 aromatic heterocycles. The van der Waals surface area contributed by atoms with E-state index in [1.165, 1.54) is 13.2 Å². The Labute approximate surface area is 115 Å². The number of aryl methyl sites for hydroxylation is 1. The van der Waals surface area contributed by atoms with Crippen LogP contribution < -0.4 is 4.74 Å². The summed E-state index contributed by atoms with van der Waals surface area (Å²) in [5, 5.41) is -1.23. The van der Waals surface area contributed by atoms with Gasteiger partial charge in [0.05, 0.1) is 7.11 Å². The zero-order valence-electron chi connectivity index (χ0n) is 10.00. The van der Waals surface area contributed by atoms with Crippen molar-refractivity contribution in [1.29, 1.82) is 0 Å². The minimum Gasteiger partial charge on any atom is -0.496 e. The van der Waals surface area contributed by atoms with Crippen molar-refractivity contribution < 1.29 is 14.3 Å². The van der Waals surface area contributed by atoms with Gasteiger partial charge >= 0.3 is 0 Å². The molecule has 0 aliphatic carbocycles. The summed E-state index contributed by atoms with van der Waals surface area (Å²) in [6.07, 6.45) is 1.10. The van der Waals surface area contributed by atoms with Crippen molar-refractivity contribution in [3.05, 3.63) is 35.4 Å². The SMILES string of the molecule is COc1ccc(C)cc1/C(=C/C(=O)Cl)CC(=O)Cl. The molecule has 0 fully saturated rings. The number of benzene rings is 1. The third kappa shape index (κ3) is 4.17. The van der Waals surface area contributed by atoms with Crippen molar-refractivity contribution in [2.45, 2.75) is 13.3 Å². The molecule has 0 heterocycles. The molecule has 0 unspecified atom stereocenters. The number of ether oxygens (including phenoxy) is 1. The molecule has 0 spiro atoms. The number of hydrogen-bond donors (Lipinski definition) is 0. The van der Waals surface area contributed by atoms with E-state index < -0.39 is 10.5 Å². The van der Waals surface area contributed by atoms with Gasteiger partial charge in [-0.15, -0.1) is 0 Å². The summed E-state index contributed by atoms with van der Waals surface area (Å²) in [6.45, 7) is 1.89. The van der Waals surface area contributed by atoms with Gasteiger partial charge in [0.2, 0.25) is 10.5 Å². The van der Waals surface area contributed by atoms with Crippen molar-refractivity contribution in [2.75, 3.05) is 7.11 Å². The van der Waals surface area contributed by atoms with Crippen LogP contribution in [0.1, 0.15) is 17.5 Å². The monoisotopic (exact) mass is 286 g/mol. The highest BCUT2D eigenvalue weighted by Crippen LogP contribution is 2.30. The van der Waals surface area contributed by atoms with Gasteiger partial charge in [-0.1, -0.05) is 11.6 Å². The lowest BCUT2D eigenvalue weighted by Crippen LogP contribution is -1.98. The Balaban J connectivity index is 3.32. The van der Waals surface area contributed by atoms with Crippen LogP contribution in [-0.2, 0) is 9.59 Å². The van der Waals surface area contributed by atoms with Crippen LogP contribution in [0.4, 0.5) is 0 Å². The quantitative estimate of drug-likeness (QED) is 0.616. The fourth-order valence-electron chi connectivity index (χ4n) is 1.58. The Morgan fingerprint density at radius 1 is 1.33 bits per heavy atom. The van der Waals surface area contributed by atoms with E-state index >= 15 is 0 Å². The van der Waals surface area contributed by atoms with E-state index in [1.807, 2.05) is 19.1 Å². The van der Waals surface area contributed by atoms with E-state index in [0.717, 1.165) is 5.56 Å². The molecule has 1 aromatic carbocycles. The molecule has 0 saturated carbocycles. The predicted molar refractivity (Wildman–Crippen MR) is 72.0 cm³/mol. The first-order valence-corrected chi connectivity index (χ1v) is 5.93. The molecule has 0 N–H and O–H groups in total. The minimum absolute atomic E-state index is 0.0835. The van der Waals surface area contributed by atoms with Crippen LogP contribution in [-0.4, -0.2) is 17.6 Å². The van der Waals surface area contributed by atoms with Crippen LogP contribution >= 0.6 is 23.2 Å². The Kier molecular flexibility index (Phi) is 5.38. The molecule has 0 aliphatic rings. The number of carbonyl (C=O) groups excluding carboxylic acids is 2. The summed E-state index contributed by atoms with van der Waals surface area (Å²) in [4.78, 5) is 22.0. The maximum atomic E-state index is 11.0. The van der Waals surface area contributed by atoms with Gasteiger partial charge in [0, 0.05) is 18.1 Å². The summed E-state index contributed by atoms with van der Waals surface area (Å²) >= 11 is 10.7. The number of halogens is 2. The van der Waals surface area contributed by atoms with E-state index in [4.69, 9.17) is 27.9 Å². The second-order valence-electron chi connectivity index (χ2n) is 3.71. The highest BCUT2D eigenvalue weighted by molar-refractivity contribution is 6.67. The summed E-state index contributed by atoms with van der Waals surface area (Å²) in [5.74, 6) is 0.558. The summed E-state index contributed by atoms with van der Waals surface area (Å²) in [5.41, 5.74) is 2.05. The normalized spacial score (nSPS) is 11.2. The van der Waals surface area contributed by atoms with Gasteiger partial charge in [-0.25, -0.2) is 0 Å². The molecule has 18 heavy (non-hydrogen) atoms. The van der Waals surface area contributed by atoms with Crippen molar-refractivity contribution in [3.63, 3.8) is 0 Å². The highest BCUT2D eigenvalue weighted by atomic mass is 35.5. The summed E-state index contributed by atoms with van der Waals surface area (Å²) in [6, 6.07) is 5.44. The van der Waals surface area contributed by atoms with Crippen LogP contribution in [0.2, 0.25) is 0 Å². The van der Waals surface area contributed by atoms with Gasteiger partial charge < -0.3 is 4.74 Å². The van der Waals surface area contributed by atoms with E-state index in [-0.39, 0.29) is 6.42 Å². The van der Waals surface area contributed by atoms with Crippen molar-refractivity contribution >= 4 is 39.3 Å². The smallest absolute Gasteiger partial charge is 0.245 e. The minimum atomic E-state index is -0.661. The molecular weight excluding hydrogens is 275 g/mol. The lowest BCUT2D eigenvalue weighted by atomic mass is 10.00. The molecular formula is C13H12Cl2O3. The molecule has 0 atom stereocenters. The van der Waals surface area contributed by atoms with Gasteiger partial charge in [-0.3, -0.25) is 9.59 Å². The van der Waals surface area contributed by atoms with E-state index in [0.29, 0.717) is 16.9 Å². The average Bonchev–Trinajstić information content (AvgIpc) is 2.26. The maximum absolute atomic E-state index is 11.0. The van der Waals surface area contributed by atoms with E-state index in [9.17, 15) is 9.59 Å². The standard InChI is InChI=1S/C13H12Cl2O3/c1-8-3-4-11(18-2)10(5-8)9(6-12(14)16)7-13(15)17/h3-6H,7H2,1-2H3/b9-6+. The highest BCUT2D eigenvalue weighted by Gasteiger charge is 2.13. The molecule has 0 amide bonds. The van der Waals surface area contributed by atoms with Crippen LogP contribution in [0.5, 0.6) is 5.75 Å². The maximum Gasteiger partial charge on any atom is 0.245 e. The van der Waals surface area contributed by atoms with Gasteiger partial charge in [0.25, 0.3) is 0 Å². The van der Waals surface area contributed by atoms with Gasteiger partial charge in [0.1, 0.15) is 5.75 Å². The number of allylic oxidation sites excluding steroid dienone is 2. The van der Waals surface area contributed by atoms with Crippen molar-refractivity contribution in [1.82, 2.24) is 0 Å². The predicted octanol–water partition coefficient (Wildman–Crippen LogP) is 3.31. The molecule has 0 aliphatic heterocycles. The number of hydrogen-bond acceptors (Lipinski definition) is 3. The van der Waals surface area contributed by atoms with Crippen LogP contribution in [0.3, 0.4) is 0 Å². The molecule has 0 saturated heterocycles. The van der Waals surface area contributed by atoms with Crippen molar-refractivity contribution in [2.24, 2.45) is 0 Å². The third-order valence-electron chi connectivity index (χ3n) is 2.32. The second kappa shape index (κ2) is 6.57. The second-order valence-corrected chi connectivity index (χ2v) is 4.50. The van der Waals surface area contributed by atoms with E-state index in [1.54, 1.807) is 6.07 Å². The molecule has 0 radical (unpaired) electrons. The average molecular weight is 287 g/mol. The molecule has 0 bridgehead atoms. The van der Waals surface area contributed by atoms with Crippen molar-refractivity contribution in [3.8, 4) is 5.75 Å². The molecule has 96 valence electrons. The van der Waals surface area contributed by atoms with Gasteiger partial charge in [0.15, 0.2) is 0 Å². The van der Waals surface area contributed by atoms with E-state index in [2.05, 4.69) is 0 Å². The first kappa shape index (κ1) is 14.7. The number of carbonyl (C=O) groups is 2. The van der Waals surface area contributed by atoms with Crippen LogP contribution in [0.25, 0.3) is 5.57 Å². The molecule has 3 nitrogen and oxygen atoms in total. The Morgan fingerprint density at radius 2 is 2.00 bits per heavy atom. The Bertz CT molecular complexity index is 507. The lowest BCUT2D eigenvalue weighted by molar-refractivity contribution is -0.110. The Hall–Kier alpha value is -1.32. The first-order valence-electron chi connectivity index (χ1n) is 5.17. The fraction of sp³-hybridized carbons (Fsp3) is 0.231. The number of rotatable bonds is 5. The molecule has 5 heteroatoms. The molecule has 1 rings (SSSR count). The molecule has 1 aromatic rings. The fourth-order valence-corrected chi connectivity index (χ4v) is 1.86. The Morgan fingerprint density at radius 3 is 2.50 bits per heavy atom. The summed E-state index contributed by atoms with van der Waals surface area (Å²) in [7, 11) is 1.51. The van der Waals surface area contributed by atoms with Gasteiger partial charge in [-0.2, -0.15) is 0 Å².